The number of piperidine rings is 1. The number of aryl methyl sites for hydroxylation is 2. The Kier molecular flexibility index (Phi) is 5.97. The Balaban J connectivity index is 1.46. The second-order valence-electron chi connectivity index (χ2n) is 8.50. The summed E-state index contributed by atoms with van der Waals surface area (Å²) in [5.74, 6) is 0.952. The Hall–Kier alpha value is -2.19. The van der Waals surface area contributed by atoms with Crippen molar-refractivity contribution in [3.05, 3.63) is 57.1 Å². The van der Waals surface area contributed by atoms with Crippen LogP contribution in [0.3, 0.4) is 0 Å². The van der Waals surface area contributed by atoms with Crippen LogP contribution >= 0.6 is 0 Å². The number of hydrogen-bond donors (Lipinski definition) is 0. The summed E-state index contributed by atoms with van der Waals surface area (Å²) in [6.45, 7) is 2.89. The lowest BCUT2D eigenvalue weighted by molar-refractivity contribution is 0.307. The first-order valence-corrected chi connectivity index (χ1v) is 12.3. The maximum absolute atomic E-state index is 12.8. The van der Waals surface area contributed by atoms with E-state index in [9.17, 15) is 13.2 Å². The minimum Gasteiger partial charge on any atom is -0.276 e. The first kappa shape index (κ1) is 21.1. The zero-order valence-corrected chi connectivity index (χ0v) is 18.5. The average Bonchev–Trinajstić information content (AvgIpc) is 3.36. The van der Waals surface area contributed by atoms with Crippen LogP contribution in [-0.4, -0.2) is 40.2 Å². The van der Waals surface area contributed by atoms with Crippen LogP contribution in [0, 0.1) is 6.92 Å². The van der Waals surface area contributed by atoms with Crippen molar-refractivity contribution in [2.24, 2.45) is 7.05 Å². The lowest BCUT2D eigenvalue weighted by Crippen LogP contribution is -2.37. The summed E-state index contributed by atoms with van der Waals surface area (Å²) < 4.78 is 30.4. The molecule has 2 aliphatic rings. The van der Waals surface area contributed by atoms with Gasteiger partial charge >= 0.3 is 5.69 Å². The lowest BCUT2D eigenvalue weighted by atomic mass is 9.97. The van der Waals surface area contributed by atoms with Crippen molar-refractivity contribution in [2.45, 2.75) is 57.4 Å². The second-order valence-corrected chi connectivity index (χ2v) is 10.3. The molecule has 1 aromatic carbocycles. The van der Waals surface area contributed by atoms with Crippen molar-refractivity contribution in [1.82, 2.24) is 18.7 Å². The zero-order valence-electron chi connectivity index (χ0n) is 17.7. The number of benzene rings is 1. The SMILES string of the molecule is Cc1ccc(/C=C/S(=O)(=O)N2CCC(c3nn(C)c(=O)n3C3CCCC3)CC2)cc1. The van der Waals surface area contributed by atoms with Gasteiger partial charge in [-0.3, -0.25) is 4.57 Å². The first-order valence-electron chi connectivity index (χ1n) is 10.8. The maximum Gasteiger partial charge on any atom is 0.345 e. The summed E-state index contributed by atoms with van der Waals surface area (Å²) in [5, 5.41) is 5.83. The van der Waals surface area contributed by atoms with E-state index in [1.165, 1.54) is 14.4 Å². The van der Waals surface area contributed by atoms with Crippen molar-refractivity contribution >= 4 is 16.1 Å². The molecule has 1 aliphatic carbocycles. The standard InChI is InChI=1S/C22H30N4O3S/c1-17-7-9-18(10-8-17)13-16-30(28,29)25-14-11-19(12-15-25)21-23-24(2)22(27)26(21)20-5-3-4-6-20/h7-10,13,16,19-20H,3-6,11-12,14-15H2,1-2H3/b16-13+. The highest BCUT2D eigenvalue weighted by molar-refractivity contribution is 7.92. The fourth-order valence-electron chi connectivity index (χ4n) is 4.58. The lowest BCUT2D eigenvalue weighted by Gasteiger charge is -2.30. The first-order chi connectivity index (χ1) is 14.3. The van der Waals surface area contributed by atoms with Gasteiger partial charge in [-0.1, -0.05) is 42.7 Å². The van der Waals surface area contributed by atoms with Crippen LogP contribution in [-0.2, 0) is 17.1 Å². The number of nitrogens with zero attached hydrogens (tertiary/aromatic N) is 4. The van der Waals surface area contributed by atoms with Crippen LogP contribution in [0.25, 0.3) is 6.08 Å². The molecule has 0 spiro atoms. The van der Waals surface area contributed by atoms with Crippen LogP contribution in [0.2, 0.25) is 0 Å². The van der Waals surface area contributed by atoms with E-state index in [4.69, 9.17) is 0 Å². The van der Waals surface area contributed by atoms with E-state index in [1.807, 2.05) is 35.8 Å². The van der Waals surface area contributed by atoms with E-state index >= 15 is 0 Å². The van der Waals surface area contributed by atoms with Gasteiger partial charge in [-0.2, -0.15) is 9.40 Å². The molecular formula is C22H30N4O3S. The third-order valence-electron chi connectivity index (χ3n) is 6.36. The Morgan fingerprint density at radius 1 is 1.03 bits per heavy atom. The molecule has 2 fully saturated rings. The van der Waals surface area contributed by atoms with Gasteiger partial charge < -0.3 is 0 Å². The Morgan fingerprint density at radius 3 is 2.30 bits per heavy atom. The topological polar surface area (TPSA) is 77.2 Å². The minimum absolute atomic E-state index is 0.0482. The second kappa shape index (κ2) is 8.51. The van der Waals surface area contributed by atoms with E-state index in [0.717, 1.165) is 42.6 Å². The van der Waals surface area contributed by atoms with Crippen molar-refractivity contribution in [3.8, 4) is 0 Å². The van der Waals surface area contributed by atoms with Crippen LogP contribution in [0.5, 0.6) is 0 Å². The molecule has 0 unspecified atom stereocenters. The zero-order chi connectivity index (χ0) is 21.3. The molecule has 162 valence electrons. The molecule has 4 rings (SSSR count). The molecule has 0 bridgehead atoms. The Bertz CT molecular complexity index is 1070. The van der Waals surface area contributed by atoms with Gasteiger partial charge in [0.1, 0.15) is 5.82 Å². The average molecular weight is 431 g/mol. The molecule has 0 atom stereocenters. The van der Waals surface area contributed by atoms with Crippen molar-refractivity contribution < 1.29 is 8.42 Å². The van der Waals surface area contributed by atoms with E-state index in [0.29, 0.717) is 25.9 Å². The van der Waals surface area contributed by atoms with Gasteiger partial charge in [-0.05, 0) is 44.2 Å². The quantitative estimate of drug-likeness (QED) is 0.730. The summed E-state index contributed by atoms with van der Waals surface area (Å²) in [6.07, 6.45) is 7.36. The number of hydrogen-bond acceptors (Lipinski definition) is 4. The minimum atomic E-state index is -3.47. The van der Waals surface area contributed by atoms with Crippen LogP contribution in [0.4, 0.5) is 0 Å². The van der Waals surface area contributed by atoms with E-state index < -0.39 is 10.0 Å². The molecule has 2 aromatic rings. The summed E-state index contributed by atoms with van der Waals surface area (Å²) >= 11 is 0. The normalized spacial score (nSPS) is 19.8. The van der Waals surface area contributed by atoms with Gasteiger partial charge in [-0.25, -0.2) is 17.9 Å². The molecule has 1 saturated heterocycles. The van der Waals surface area contributed by atoms with Crippen LogP contribution in [0.1, 0.15) is 67.4 Å². The molecule has 0 N–H and O–H groups in total. The van der Waals surface area contributed by atoms with Gasteiger partial charge in [0.25, 0.3) is 0 Å². The van der Waals surface area contributed by atoms with Crippen molar-refractivity contribution in [3.63, 3.8) is 0 Å². The predicted molar refractivity (Wildman–Crippen MR) is 118 cm³/mol. The predicted octanol–water partition coefficient (Wildman–Crippen LogP) is 3.19. The van der Waals surface area contributed by atoms with Crippen LogP contribution in [0.15, 0.2) is 34.5 Å². The number of sulfonamides is 1. The molecule has 1 saturated carbocycles. The van der Waals surface area contributed by atoms with E-state index in [1.54, 1.807) is 13.1 Å². The molecular weight excluding hydrogens is 400 g/mol. The Labute approximate surface area is 178 Å². The highest BCUT2D eigenvalue weighted by atomic mass is 32.2. The number of rotatable bonds is 5. The molecule has 0 radical (unpaired) electrons. The van der Waals surface area contributed by atoms with Crippen molar-refractivity contribution in [2.75, 3.05) is 13.1 Å². The monoisotopic (exact) mass is 430 g/mol. The molecule has 7 nitrogen and oxygen atoms in total. The van der Waals surface area contributed by atoms with Gasteiger partial charge in [0.15, 0.2) is 0 Å². The molecule has 0 amide bonds. The summed E-state index contributed by atoms with van der Waals surface area (Å²) in [5.41, 5.74) is 1.96. The van der Waals surface area contributed by atoms with Gasteiger partial charge in [0, 0.05) is 37.5 Å². The van der Waals surface area contributed by atoms with Crippen molar-refractivity contribution in [1.29, 1.82) is 0 Å². The molecule has 1 aromatic heterocycles. The fraction of sp³-hybridized carbons (Fsp3) is 0.545. The van der Waals surface area contributed by atoms with Gasteiger partial charge in [0.05, 0.1) is 0 Å². The maximum atomic E-state index is 12.8. The summed E-state index contributed by atoms with van der Waals surface area (Å²) in [7, 11) is -1.77. The molecule has 2 heterocycles. The van der Waals surface area contributed by atoms with E-state index in [-0.39, 0.29) is 17.6 Å². The smallest absolute Gasteiger partial charge is 0.276 e. The molecule has 8 heteroatoms. The van der Waals surface area contributed by atoms with Gasteiger partial charge in [-0.15, -0.1) is 0 Å². The highest BCUT2D eigenvalue weighted by Crippen LogP contribution is 2.34. The highest BCUT2D eigenvalue weighted by Gasteiger charge is 2.32. The fourth-order valence-corrected chi connectivity index (χ4v) is 5.80. The molecule has 30 heavy (non-hydrogen) atoms. The summed E-state index contributed by atoms with van der Waals surface area (Å²) in [4.78, 5) is 12.6. The third-order valence-corrected chi connectivity index (χ3v) is 7.93. The van der Waals surface area contributed by atoms with Crippen LogP contribution < -0.4 is 5.69 Å². The van der Waals surface area contributed by atoms with E-state index in [2.05, 4.69) is 5.10 Å². The largest absolute Gasteiger partial charge is 0.345 e. The van der Waals surface area contributed by atoms with Gasteiger partial charge in [0.2, 0.25) is 10.0 Å². The molecule has 1 aliphatic heterocycles. The third kappa shape index (κ3) is 4.30. The summed E-state index contributed by atoms with van der Waals surface area (Å²) in [6, 6.07) is 8.00. The Morgan fingerprint density at radius 2 is 1.67 bits per heavy atom. The number of aromatic nitrogens is 3.